The molecule has 0 unspecified atom stereocenters. The Bertz CT molecular complexity index is 1270. The molecule has 30 heavy (non-hydrogen) atoms. The van der Waals surface area contributed by atoms with Crippen molar-refractivity contribution >= 4 is 39.4 Å². The first kappa shape index (κ1) is 19.1. The maximum absolute atomic E-state index is 13.1. The Morgan fingerprint density at radius 1 is 1.00 bits per heavy atom. The number of hydroxylamine groups is 2. The van der Waals surface area contributed by atoms with Crippen LogP contribution in [0.2, 0.25) is 0 Å². The summed E-state index contributed by atoms with van der Waals surface area (Å²) in [7, 11) is 0. The number of imide groups is 1. The van der Waals surface area contributed by atoms with Gasteiger partial charge in [0, 0.05) is 5.57 Å². The molecule has 1 aliphatic rings. The van der Waals surface area contributed by atoms with E-state index in [4.69, 9.17) is 11.6 Å². The number of benzene rings is 3. The summed E-state index contributed by atoms with van der Waals surface area (Å²) in [4.78, 5) is 38.2. The molecule has 0 bridgehead atoms. The van der Waals surface area contributed by atoms with Crippen molar-refractivity contribution in [2.45, 2.75) is 6.92 Å². The van der Waals surface area contributed by atoms with Crippen LogP contribution in [0, 0.1) is 6.57 Å². The van der Waals surface area contributed by atoms with E-state index in [0.29, 0.717) is 5.06 Å². The molecule has 146 valence electrons. The lowest BCUT2D eigenvalue weighted by Crippen LogP contribution is -2.42. The van der Waals surface area contributed by atoms with Gasteiger partial charge in [-0.05, 0) is 51.7 Å². The fourth-order valence-corrected chi connectivity index (χ4v) is 3.54. The van der Waals surface area contributed by atoms with E-state index in [1.54, 1.807) is 13.0 Å². The molecule has 1 aliphatic heterocycles. The molecule has 0 aliphatic carbocycles. The van der Waals surface area contributed by atoms with Gasteiger partial charge in [-0.2, -0.15) is 0 Å². The van der Waals surface area contributed by atoms with Crippen molar-refractivity contribution in [2.75, 3.05) is 0 Å². The summed E-state index contributed by atoms with van der Waals surface area (Å²) < 4.78 is 0. The van der Waals surface area contributed by atoms with Gasteiger partial charge in [-0.1, -0.05) is 60.1 Å². The predicted molar refractivity (Wildman–Crippen MR) is 113 cm³/mol. The van der Waals surface area contributed by atoms with E-state index >= 15 is 0 Å². The summed E-state index contributed by atoms with van der Waals surface area (Å²) in [6, 6.07) is 17.8. The van der Waals surface area contributed by atoms with Gasteiger partial charge in [-0.25, -0.2) is 4.85 Å². The van der Waals surface area contributed by atoms with Gasteiger partial charge in [0.2, 0.25) is 0 Å². The van der Waals surface area contributed by atoms with E-state index < -0.39 is 11.8 Å². The fraction of sp³-hybridized carbons (Fsp3) is 0.0417. The van der Waals surface area contributed by atoms with E-state index in [9.17, 15) is 9.59 Å². The third kappa shape index (κ3) is 3.04. The average Bonchev–Trinajstić information content (AvgIpc) is 2.76. The van der Waals surface area contributed by atoms with Crippen LogP contribution in [0.5, 0.6) is 0 Å². The lowest BCUT2D eigenvalue weighted by atomic mass is 9.92. The fourth-order valence-electron chi connectivity index (χ4n) is 3.54. The van der Waals surface area contributed by atoms with Crippen molar-refractivity contribution in [3.05, 3.63) is 101 Å². The van der Waals surface area contributed by atoms with Gasteiger partial charge in [0.15, 0.2) is 0 Å². The normalized spacial score (nSPS) is 15.7. The third-order valence-electron chi connectivity index (χ3n) is 4.96. The molecule has 3 aromatic rings. The standard InChI is InChI=1S/C24H16N2O4/c1-4-29-30-26-23(27)20(15(2)22(25-3)24(26)28)14-21-18-11-7-5-9-16(18)13-17-10-6-8-12-19(17)21/h4-14H,1H2,2H3/b20-14-. The molecule has 0 fully saturated rings. The van der Waals surface area contributed by atoms with E-state index in [1.807, 2.05) is 48.5 Å². The summed E-state index contributed by atoms with van der Waals surface area (Å²) in [5.41, 5.74) is 1.07. The van der Waals surface area contributed by atoms with Crippen molar-refractivity contribution in [1.82, 2.24) is 5.06 Å². The molecule has 0 radical (unpaired) electrons. The first-order valence-electron chi connectivity index (χ1n) is 9.11. The quantitative estimate of drug-likeness (QED) is 0.119. The number of carbonyl (C=O) groups excluding carboxylic acids is 2. The molecule has 0 saturated carbocycles. The number of fused-ring (bicyclic) bond motifs is 2. The molecule has 0 saturated heterocycles. The zero-order valence-corrected chi connectivity index (χ0v) is 16.1. The molecular formula is C24H16N2O4. The Hall–Kier alpha value is -4.21. The smallest absolute Gasteiger partial charge is 0.287 e. The van der Waals surface area contributed by atoms with Gasteiger partial charge < -0.3 is 4.89 Å². The topological polar surface area (TPSA) is 60.2 Å². The first-order valence-corrected chi connectivity index (χ1v) is 9.11. The predicted octanol–water partition coefficient (Wildman–Crippen LogP) is 4.95. The highest BCUT2D eigenvalue weighted by atomic mass is 17.3. The molecule has 6 nitrogen and oxygen atoms in total. The largest absolute Gasteiger partial charge is 0.322 e. The summed E-state index contributed by atoms with van der Waals surface area (Å²) in [5, 5.41) is 4.34. The number of rotatable bonds is 4. The second-order valence-corrected chi connectivity index (χ2v) is 6.62. The minimum atomic E-state index is -0.880. The van der Waals surface area contributed by atoms with Crippen LogP contribution in [0.1, 0.15) is 12.5 Å². The number of hydrogen-bond acceptors (Lipinski definition) is 4. The van der Waals surface area contributed by atoms with Crippen LogP contribution >= 0.6 is 0 Å². The molecule has 3 aromatic carbocycles. The number of hydrogen-bond donors (Lipinski definition) is 0. The number of carbonyl (C=O) groups is 2. The van der Waals surface area contributed by atoms with Crippen LogP contribution < -0.4 is 0 Å². The Morgan fingerprint density at radius 2 is 1.60 bits per heavy atom. The van der Waals surface area contributed by atoms with Crippen molar-refractivity contribution in [1.29, 1.82) is 0 Å². The van der Waals surface area contributed by atoms with Crippen molar-refractivity contribution in [3.8, 4) is 0 Å². The van der Waals surface area contributed by atoms with Crippen LogP contribution in [-0.4, -0.2) is 16.9 Å². The number of nitrogens with zero attached hydrogens (tertiary/aromatic N) is 2. The average molecular weight is 396 g/mol. The van der Waals surface area contributed by atoms with Gasteiger partial charge in [-0.3, -0.25) is 9.59 Å². The lowest BCUT2D eigenvalue weighted by molar-refractivity contribution is -0.363. The van der Waals surface area contributed by atoms with E-state index in [0.717, 1.165) is 33.4 Å². The van der Waals surface area contributed by atoms with E-state index in [-0.39, 0.29) is 16.8 Å². The molecule has 0 spiro atoms. The highest BCUT2D eigenvalue weighted by molar-refractivity contribution is 6.19. The van der Waals surface area contributed by atoms with Crippen molar-refractivity contribution < 1.29 is 19.5 Å². The van der Waals surface area contributed by atoms with Gasteiger partial charge in [-0.15, -0.1) is 5.06 Å². The van der Waals surface area contributed by atoms with Crippen LogP contribution in [0.4, 0.5) is 0 Å². The highest BCUT2D eigenvalue weighted by Crippen LogP contribution is 2.34. The third-order valence-corrected chi connectivity index (χ3v) is 4.96. The van der Waals surface area contributed by atoms with Crippen LogP contribution in [0.15, 0.2) is 84.3 Å². The highest BCUT2D eigenvalue weighted by Gasteiger charge is 2.38. The summed E-state index contributed by atoms with van der Waals surface area (Å²) in [5.74, 6) is -1.60. The van der Waals surface area contributed by atoms with Crippen molar-refractivity contribution in [3.63, 3.8) is 0 Å². The molecule has 6 heteroatoms. The first-order chi connectivity index (χ1) is 14.6. The lowest BCUT2D eigenvalue weighted by Gasteiger charge is -2.24. The van der Waals surface area contributed by atoms with E-state index in [2.05, 4.69) is 22.4 Å². The van der Waals surface area contributed by atoms with E-state index in [1.165, 1.54) is 0 Å². The number of amides is 2. The van der Waals surface area contributed by atoms with Crippen molar-refractivity contribution in [2.24, 2.45) is 0 Å². The van der Waals surface area contributed by atoms with Gasteiger partial charge in [0.05, 0.1) is 6.57 Å². The molecule has 2 amide bonds. The Morgan fingerprint density at radius 3 is 2.17 bits per heavy atom. The van der Waals surface area contributed by atoms with Gasteiger partial charge in [0.1, 0.15) is 6.26 Å². The zero-order chi connectivity index (χ0) is 21.3. The Kier molecular flexibility index (Phi) is 4.88. The molecule has 0 N–H and O–H groups in total. The molecule has 0 aromatic heterocycles. The minimum absolute atomic E-state index is 0.176. The van der Waals surface area contributed by atoms with Crippen LogP contribution in [-0.2, 0) is 19.5 Å². The van der Waals surface area contributed by atoms with Crippen LogP contribution in [0.3, 0.4) is 0 Å². The minimum Gasteiger partial charge on any atom is -0.322 e. The maximum atomic E-state index is 13.1. The molecule has 1 heterocycles. The molecule has 4 rings (SSSR count). The summed E-state index contributed by atoms with van der Waals surface area (Å²) >= 11 is 0. The molecule has 0 atom stereocenters. The second-order valence-electron chi connectivity index (χ2n) is 6.62. The van der Waals surface area contributed by atoms with Gasteiger partial charge in [0.25, 0.3) is 17.5 Å². The van der Waals surface area contributed by atoms with Gasteiger partial charge >= 0.3 is 0 Å². The summed E-state index contributed by atoms with van der Waals surface area (Å²) in [6.07, 6.45) is 2.63. The monoisotopic (exact) mass is 396 g/mol. The zero-order valence-electron chi connectivity index (χ0n) is 16.1. The maximum Gasteiger partial charge on any atom is 0.287 e. The second kappa shape index (κ2) is 7.66. The van der Waals surface area contributed by atoms with Crippen LogP contribution in [0.25, 0.3) is 32.5 Å². The molecular weight excluding hydrogens is 380 g/mol. The SMILES string of the molecule is [C-]#[N+]C1=C(C)/C(=C/c2c3ccccc3cc3ccccc23)C(=O)N(OOC=C)C1=O. The Labute approximate surface area is 172 Å². The summed E-state index contributed by atoms with van der Waals surface area (Å²) in [6.45, 7) is 12.3. The Balaban J connectivity index is 2.02.